The summed E-state index contributed by atoms with van der Waals surface area (Å²) in [5, 5.41) is 1.14. The Balaban J connectivity index is 2.61. The van der Waals surface area contributed by atoms with E-state index >= 15 is 0 Å². The molecule has 1 aromatic carbocycles. The van der Waals surface area contributed by atoms with E-state index < -0.39 is 5.97 Å². The van der Waals surface area contributed by atoms with Gasteiger partial charge in [-0.25, -0.2) is 0 Å². The zero-order chi connectivity index (χ0) is 10.1. The van der Waals surface area contributed by atoms with Crippen LogP contribution >= 0.6 is 11.6 Å². The van der Waals surface area contributed by atoms with Gasteiger partial charge in [-0.1, -0.05) is 17.7 Å². The van der Waals surface area contributed by atoms with Crippen LogP contribution in [-0.4, -0.2) is 5.97 Å². The van der Waals surface area contributed by atoms with Gasteiger partial charge < -0.3 is 9.15 Å². The highest BCUT2D eigenvalue weighted by Gasteiger charge is 2.11. The van der Waals surface area contributed by atoms with Crippen LogP contribution in [-0.2, 0) is 4.79 Å². The Morgan fingerprint density at radius 2 is 2.29 bits per heavy atom. The maximum absolute atomic E-state index is 10.8. The van der Waals surface area contributed by atoms with Gasteiger partial charge in [-0.2, -0.15) is 0 Å². The van der Waals surface area contributed by atoms with E-state index in [2.05, 4.69) is 0 Å². The monoisotopic (exact) mass is 210 g/mol. The van der Waals surface area contributed by atoms with E-state index in [9.17, 15) is 4.79 Å². The van der Waals surface area contributed by atoms with Crippen molar-refractivity contribution in [3.8, 4) is 5.75 Å². The summed E-state index contributed by atoms with van der Waals surface area (Å²) < 4.78 is 10.1. The second-order valence-corrected chi connectivity index (χ2v) is 3.21. The minimum atomic E-state index is -0.396. The molecule has 0 amide bonds. The number of carbonyl (C=O) groups is 1. The van der Waals surface area contributed by atoms with E-state index in [-0.39, 0.29) is 0 Å². The molecule has 0 atom stereocenters. The predicted molar refractivity (Wildman–Crippen MR) is 52.5 cm³/mol. The van der Waals surface area contributed by atoms with Gasteiger partial charge in [0.2, 0.25) is 0 Å². The van der Waals surface area contributed by atoms with Crippen LogP contribution in [0.1, 0.15) is 6.92 Å². The number of benzene rings is 1. The molecule has 0 unspecified atom stereocenters. The molecule has 0 spiro atoms. The van der Waals surface area contributed by atoms with Crippen molar-refractivity contribution in [2.24, 2.45) is 0 Å². The van der Waals surface area contributed by atoms with Crippen LogP contribution in [0, 0.1) is 0 Å². The quantitative estimate of drug-likeness (QED) is 0.680. The summed E-state index contributed by atoms with van der Waals surface area (Å²) in [5.41, 5.74) is 0.605. The van der Waals surface area contributed by atoms with E-state index in [0.717, 1.165) is 0 Å². The van der Waals surface area contributed by atoms with Gasteiger partial charge in [-0.05, 0) is 12.1 Å². The summed E-state index contributed by atoms with van der Waals surface area (Å²) in [6, 6.07) is 5.24. The van der Waals surface area contributed by atoms with E-state index in [1.165, 1.54) is 13.2 Å². The molecule has 1 aromatic heterocycles. The molecule has 2 aromatic rings. The third kappa shape index (κ3) is 1.46. The summed E-state index contributed by atoms with van der Waals surface area (Å²) in [6.07, 6.45) is 1.37. The molecule has 0 bridgehead atoms. The molecule has 0 saturated carbocycles. The standard InChI is InChI=1S/C10H7ClO3/c1-6(12)14-9-5-13-8-4-2-3-7(11)10(8)9/h2-5H,1H3. The van der Waals surface area contributed by atoms with Crippen molar-refractivity contribution in [2.75, 3.05) is 0 Å². The van der Waals surface area contributed by atoms with Crippen LogP contribution in [0.4, 0.5) is 0 Å². The third-order valence-electron chi connectivity index (χ3n) is 1.77. The maximum Gasteiger partial charge on any atom is 0.308 e. The number of esters is 1. The highest BCUT2D eigenvalue weighted by Crippen LogP contribution is 2.33. The molecule has 0 aliphatic carbocycles. The van der Waals surface area contributed by atoms with Crippen molar-refractivity contribution in [1.82, 2.24) is 0 Å². The van der Waals surface area contributed by atoms with Gasteiger partial charge >= 0.3 is 5.97 Å². The Kier molecular flexibility index (Phi) is 2.17. The molecule has 4 heteroatoms. The molecule has 0 aliphatic heterocycles. The van der Waals surface area contributed by atoms with Crippen molar-refractivity contribution >= 4 is 28.5 Å². The van der Waals surface area contributed by atoms with Gasteiger partial charge in [0.1, 0.15) is 11.8 Å². The highest BCUT2D eigenvalue weighted by molar-refractivity contribution is 6.35. The number of ether oxygens (including phenoxy) is 1. The van der Waals surface area contributed by atoms with E-state index in [1.54, 1.807) is 18.2 Å². The number of furan rings is 1. The molecule has 1 heterocycles. The number of hydrogen-bond donors (Lipinski definition) is 0. The first-order valence-electron chi connectivity index (χ1n) is 4.02. The largest absolute Gasteiger partial charge is 0.460 e. The van der Waals surface area contributed by atoms with E-state index in [1.807, 2.05) is 0 Å². The van der Waals surface area contributed by atoms with Crippen molar-refractivity contribution in [1.29, 1.82) is 0 Å². The molecule has 3 nitrogen and oxygen atoms in total. The van der Waals surface area contributed by atoms with Gasteiger partial charge in [0.25, 0.3) is 0 Å². The summed E-state index contributed by atoms with van der Waals surface area (Å²) in [5.74, 6) is -0.0364. The first-order chi connectivity index (χ1) is 6.68. The summed E-state index contributed by atoms with van der Waals surface area (Å²) in [4.78, 5) is 10.8. The molecular formula is C10H7ClO3. The Labute approximate surface area is 85.2 Å². The average molecular weight is 211 g/mol. The van der Waals surface area contributed by atoms with E-state index in [4.69, 9.17) is 20.8 Å². The van der Waals surface area contributed by atoms with Crippen LogP contribution in [0.3, 0.4) is 0 Å². The molecule has 0 saturated heterocycles. The predicted octanol–water partition coefficient (Wildman–Crippen LogP) is 3.01. The minimum Gasteiger partial charge on any atom is -0.460 e. The molecule has 0 radical (unpaired) electrons. The van der Waals surface area contributed by atoms with Crippen molar-refractivity contribution < 1.29 is 13.9 Å². The van der Waals surface area contributed by atoms with Crippen LogP contribution in [0.2, 0.25) is 5.02 Å². The Morgan fingerprint density at radius 3 is 3.00 bits per heavy atom. The lowest BCUT2D eigenvalue weighted by Gasteiger charge is -1.97. The second-order valence-electron chi connectivity index (χ2n) is 2.81. The van der Waals surface area contributed by atoms with E-state index in [0.29, 0.717) is 21.7 Å². The molecule has 0 N–H and O–H groups in total. The van der Waals surface area contributed by atoms with Crippen molar-refractivity contribution in [2.45, 2.75) is 6.92 Å². The fourth-order valence-corrected chi connectivity index (χ4v) is 1.51. The zero-order valence-electron chi connectivity index (χ0n) is 7.41. The van der Waals surface area contributed by atoms with Gasteiger partial charge in [0.05, 0.1) is 10.4 Å². The Morgan fingerprint density at radius 1 is 1.50 bits per heavy atom. The number of rotatable bonds is 1. The van der Waals surface area contributed by atoms with Crippen LogP contribution in [0.5, 0.6) is 5.75 Å². The second kappa shape index (κ2) is 3.35. The summed E-state index contributed by atoms with van der Waals surface area (Å²) >= 11 is 5.94. The van der Waals surface area contributed by atoms with Gasteiger partial charge in [-0.15, -0.1) is 0 Å². The summed E-state index contributed by atoms with van der Waals surface area (Å²) in [6.45, 7) is 1.33. The van der Waals surface area contributed by atoms with Crippen LogP contribution in [0.15, 0.2) is 28.9 Å². The lowest BCUT2D eigenvalue weighted by molar-refractivity contribution is -0.131. The molecule has 2 rings (SSSR count). The zero-order valence-corrected chi connectivity index (χ0v) is 8.17. The average Bonchev–Trinajstić information content (AvgIpc) is 2.49. The smallest absolute Gasteiger partial charge is 0.308 e. The number of fused-ring (bicyclic) bond motifs is 1. The topological polar surface area (TPSA) is 39.4 Å². The Hall–Kier alpha value is -1.48. The fourth-order valence-electron chi connectivity index (χ4n) is 1.25. The fraction of sp³-hybridized carbons (Fsp3) is 0.100. The number of hydrogen-bond acceptors (Lipinski definition) is 3. The molecule has 14 heavy (non-hydrogen) atoms. The lowest BCUT2D eigenvalue weighted by Crippen LogP contribution is -2.00. The lowest BCUT2D eigenvalue weighted by atomic mass is 10.2. The SMILES string of the molecule is CC(=O)Oc1coc2cccc(Cl)c12. The highest BCUT2D eigenvalue weighted by atomic mass is 35.5. The first-order valence-corrected chi connectivity index (χ1v) is 4.40. The summed E-state index contributed by atoms with van der Waals surface area (Å²) in [7, 11) is 0. The van der Waals surface area contributed by atoms with Gasteiger partial charge in [0.15, 0.2) is 5.75 Å². The van der Waals surface area contributed by atoms with Crippen LogP contribution < -0.4 is 4.74 Å². The molecular weight excluding hydrogens is 204 g/mol. The Bertz CT molecular complexity index is 487. The first kappa shape index (κ1) is 9.09. The molecule has 0 aliphatic rings. The van der Waals surface area contributed by atoms with Gasteiger partial charge in [0, 0.05) is 6.92 Å². The normalized spacial score (nSPS) is 10.4. The van der Waals surface area contributed by atoms with Crippen molar-refractivity contribution in [3.63, 3.8) is 0 Å². The van der Waals surface area contributed by atoms with Crippen molar-refractivity contribution in [3.05, 3.63) is 29.5 Å². The van der Waals surface area contributed by atoms with Gasteiger partial charge in [-0.3, -0.25) is 4.79 Å². The third-order valence-corrected chi connectivity index (χ3v) is 2.08. The maximum atomic E-state index is 10.8. The number of halogens is 1. The molecule has 72 valence electrons. The minimum absolute atomic E-state index is 0.359. The van der Waals surface area contributed by atoms with Crippen LogP contribution in [0.25, 0.3) is 11.0 Å². The number of carbonyl (C=O) groups excluding carboxylic acids is 1. The molecule has 0 fully saturated rings.